The lowest BCUT2D eigenvalue weighted by atomic mass is 9.98. The second-order valence-corrected chi connectivity index (χ2v) is 13.5. The van der Waals surface area contributed by atoms with E-state index in [1.54, 1.807) is 78.9 Å². The molecule has 0 atom stereocenters. The van der Waals surface area contributed by atoms with E-state index >= 15 is 0 Å². The molecule has 4 aromatic carbocycles. The van der Waals surface area contributed by atoms with Gasteiger partial charge in [-0.3, -0.25) is 0 Å². The van der Waals surface area contributed by atoms with E-state index in [2.05, 4.69) is 0 Å². The first-order chi connectivity index (χ1) is 29.3. The van der Waals surface area contributed by atoms with Crippen LogP contribution in [0.15, 0.2) is 120 Å². The molecule has 2 heterocycles. The summed E-state index contributed by atoms with van der Waals surface area (Å²) in [6.07, 6.45) is -9.35. The lowest BCUT2D eigenvalue weighted by molar-refractivity contribution is -0.295. The van der Waals surface area contributed by atoms with Crippen LogP contribution >= 0.6 is 0 Å². The van der Waals surface area contributed by atoms with Crippen molar-refractivity contribution in [1.29, 1.82) is 0 Å². The second kappa shape index (κ2) is 18.0. The number of aliphatic imine (C=N–C) groups is 1. The maximum atomic E-state index is 14.6. The van der Waals surface area contributed by atoms with Crippen LogP contribution < -0.4 is 18.9 Å². The predicted octanol–water partition coefficient (Wildman–Crippen LogP) is 11.0. The minimum absolute atomic E-state index is 0.131. The van der Waals surface area contributed by atoms with Crippen molar-refractivity contribution in [2.45, 2.75) is 24.2 Å². The van der Waals surface area contributed by atoms with E-state index in [-0.39, 0.29) is 28.2 Å². The Hall–Kier alpha value is -6.21. The van der Waals surface area contributed by atoms with E-state index in [1.165, 1.54) is 64.8 Å². The van der Waals surface area contributed by atoms with Crippen molar-refractivity contribution >= 4 is 24.6 Å². The first-order valence-corrected chi connectivity index (χ1v) is 18.3. The maximum absolute atomic E-state index is 14.6. The van der Waals surface area contributed by atoms with Crippen molar-refractivity contribution in [1.82, 2.24) is 4.48 Å². The highest BCUT2D eigenvalue weighted by atomic mass is 19.4. The molecule has 1 aliphatic heterocycles. The molecule has 0 radical (unpaired) electrons. The van der Waals surface area contributed by atoms with Gasteiger partial charge in [0, 0.05) is 28.1 Å². The van der Waals surface area contributed by atoms with Gasteiger partial charge in [0.2, 0.25) is 0 Å². The average Bonchev–Trinajstić information content (AvgIpc) is 3.85. The summed E-state index contributed by atoms with van der Waals surface area (Å²) in [5.74, 6) is -9.47. The van der Waals surface area contributed by atoms with Gasteiger partial charge in [0.15, 0.2) is 0 Å². The Bertz CT molecular complexity index is 2400. The number of allylic oxidation sites excluding steroid dienone is 2. The molecule has 1 aromatic heterocycles. The van der Waals surface area contributed by atoms with Gasteiger partial charge in [-0.15, -0.1) is 0 Å². The third-order valence-electron chi connectivity index (χ3n) is 9.58. The first kappa shape index (κ1) is 45.3. The third-order valence-corrected chi connectivity index (χ3v) is 9.58. The highest BCUT2D eigenvalue weighted by Crippen LogP contribution is 2.42. The molecule has 5 aromatic rings. The van der Waals surface area contributed by atoms with Crippen LogP contribution in [-0.2, 0) is 9.31 Å². The van der Waals surface area contributed by atoms with E-state index in [0.29, 0.717) is 51.0 Å². The summed E-state index contributed by atoms with van der Waals surface area (Å²) < 4.78 is 171. The summed E-state index contributed by atoms with van der Waals surface area (Å²) in [6.45, 7) is -5.08. The zero-order valence-electron chi connectivity index (χ0n) is 33.1. The van der Waals surface area contributed by atoms with Crippen LogP contribution in [0.2, 0.25) is 0 Å². The van der Waals surface area contributed by atoms with Crippen LogP contribution in [0, 0.1) is 0 Å². The van der Waals surface area contributed by atoms with E-state index in [4.69, 9.17) is 33.2 Å². The number of ether oxygens (including phenoxy) is 4. The highest BCUT2D eigenvalue weighted by Gasteiger charge is 2.60. The number of rotatable bonds is 16. The Balaban J connectivity index is 1.67. The molecule has 326 valence electrons. The molecule has 19 heteroatoms. The highest BCUT2D eigenvalue weighted by molar-refractivity contribution is 6.44. The molecule has 0 spiro atoms. The molecular weight excluding hydrogens is 841 g/mol. The van der Waals surface area contributed by atoms with Gasteiger partial charge < -0.3 is 32.7 Å². The largest absolute Gasteiger partial charge is 0.598 e. The maximum Gasteiger partial charge on any atom is 0.598 e. The van der Waals surface area contributed by atoms with Gasteiger partial charge in [-0.25, -0.2) is 4.99 Å². The molecule has 0 amide bonds. The normalized spacial score (nSPS) is 14.1. The first-order valence-electron chi connectivity index (χ1n) is 18.3. The fourth-order valence-corrected chi connectivity index (χ4v) is 6.20. The Labute approximate surface area is 348 Å². The SMILES string of the molecule is COc1ccc(C2=CC(c3ccc(OC)cc3)=N/C2=C\c2c(-c3ccc(OC)cc3)cc(-c3ccc(OC)cc3)n2B(OCC(F)(F)C(F)(F)F)OCC(F)(F)C(F)(F)F)cc1. The lowest BCUT2D eigenvalue weighted by Crippen LogP contribution is -2.48. The molecule has 0 N–H and O–H groups in total. The fourth-order valence-electron chi connectivity index (χ4n) is 6.20. The molecule has 1 aliphatic rings. The summed E-state index contributed by atoms with van der Waals surface area (Å²) in [4.78, 5) is 4.86. The number of hydrogen-bond donors (Lipinski definition) is 0. The van der Waals surface area contributed by atoms with Gasteiger partial charge >= 0.3 is 31.5 Å². The quantitative estimate of drug-likeness (QED) is 0.0726. The van der Waals surface area contributed by atoms with Crippen molar-refractivity contribution in [2.24, 2.45) is 4.99 Å². The third kappa shape index (κ3) is 9.78. The molecule has 6 rings (SSSR count). The summed E-state index contributed by atoms with van der Waals surface area (Å²) in [6, 6.07) is 26.9. The minimum Gasteiger partial charge on any atom is -0.497 e. The van der Waals surface area contributed by atoms with Crippen molar-refractivity contribution in [3.63, 3.8) is 0 Å². The molecule has 0 saturated heterocycles. The summed E-state index contributed by atoms with van der Waals surface area (Å²) in [7, 11) is 2.92. The topological polar surface area (TPSA) is 72.7 Å². The van der Waals surface area contributed by atoms with Gasteiger partial charge in [-0.05, 0) is 108 Å². The number of methoxy groups -OCH3 is 4. The number of nitrogens with zero attached hydrogens (tertiary/aromatic N) is 2. The van der Waals surface area contributed by atoms with Crippen LogP contribution in [0.3, 0.4) is 0 Å². The van der Waals surface area contributed by atoms with Crippen molar-refractivity contribution in [2.75, 3.05) is 41.7 Å². The summed E-state index contributed by atoms with van der Waals surface area (Å²) in [5, 5.41) is 0. The Morgan fingerprint density at radius 2 is 0.919 bits per heavy atom. The van der Waals surface area contributed by atoms with Gasteiger partial charge in [0.25, 0.3) is 0 Å². The van der Waals surface area contributed by atoms with E-state index in [1.807, 2.05) is 0 Å². The number of aromatic nitrogens is 1. The van der Waals surface area contributed by atoms with Gasteiger partial charge in [0.05, 0.1) is 39.8 Å². The fraction of sp³-hybridized carbons (Fsp3) is 0.233. The molecule has 0 bridgehead atoms. The van der Waals surface area contributed by atoms with Gasteiger partial charge in [0.1, 0.15) is 36.2 Å². The van der Waals surface area contributed by atoms with E-state index in [9.17, 15) is 43.9 Å². The summed E-state index contributed by atoms with van der Waals surface area (Å²) in [5.41, 5.74) is 2.48. The van der Waals surface area contributed by atoms with Crippen LogP contribution in [0.25, 0.3) is 34.0 Å². The average molecular weight is 877 g/mol. The standard InChI is InChI=1S/C43H35BF10N2O6/c1-57-30-13-5-26(6-14-30)34-21-36(28-9-17-32(59-3)18-10-28)55-37(34)23-39-35(27-7-15-31(58-2)16-8-27)22-38(29-11-19-33(60-4)20-12-29)56(39)44(61-24-40(45,46)42(49,50)51)62-25-41(47,48)43(52,53)54/h5-23H,24-25H2,1-4H3/b37-23-. The van der Waals surface area contributed by atoms with Crippen LogP contribution in [-0.4, -0.2) is 83.3 Å². The Kier molecular flexibility index (Phi) is 13.2. The number of halogens is 10. The number of hydrogen-bond acceptors (Lipinski definition) is 7. The van der Waals surface area contributed by atoms with Gasteiger partial charge in [-0.2, -0.15) is 43.9 Å². The smallest absolute Gasteiger partial charge is 0.497 e. The number of benzene rings is 4. The molecule has 0 unspecified atom stereocenters. The van der Waals surface area contributed by atoms with Crippen LogP contribution in [0.1, 0.15) is 16.8 Å². The molecule has 62 heavy (non-hydrogen) atoms. The molecular formula is C43H35BF10N2O6. The summed E-state index contributed by atoms with van der Waals surface area (Å²) >= 11 is 0. The van der Waals surface area contributed by atoms with Crippen molar-refractivity contribution in [3.8, 4) is 45.4 Å². The Morgan fingerprint density at radius 1 is 0.532 bits per heavy atom. The monoisotopic (exact) mass is 876 g/mol. The zero-order valence-corrected chi connectivity index (χ0v) is 33.1. The van der Waals surface area contributed by atoms with Crippen LogP contribution in [0.4, 0.5) is 43.9 Å². The number of alkyl halides is 10. The molecule has 8 nitrogen and oxygen atoms in total. The molecule has 0 saturated carbocycles. The van der Waals surface area contributed by atoms with Crippen molar-refractivity contribution in [3.05, 3.63) is 132 Å². The predicted molar refractivity (Wildman–Crippen MR) is 212 cm³/mol. The van der Waals surface area contributed by atoms with Crippen molar-refractivity contribution < 1.29 is 72.2 Å². The van der Waals surface area contributed by atoms with Gasteiger partial charge in [-0.1, -0.05) is 24.3 Å². The second-order valence-electron chi connectivity index (χ2n) is 13.5. The van der Waals surface area contributed by atoms with E-state index < -0.39 is 44.7 Å². The zero-order chi connectivity index (χ0) is 45.0. The Morgan fingerprint density at radius 3 is 1.32 bits per heavy atom. The van der Waals surface area contributed by atoms with E-state index in [0.717, 1.165) is 4.48 Å². The molecule has 0 fully saturated rings. The minimum atomic E-state index is -6.21. The lowest BCUT2D eigenvalue weighted by Gasteiger charge is -2.26. The molecule has 0 aliphatic carbocycles. The van der Waals surface area contributed by atoms with Crippen LogP contribution in [0.5, 0.6) is 23.0 Å².